The first-order chi connectivity index (χ1) is 18.0. The van der Waals surface area contributed by atoms with Crippen molar-refractivity contribution in [1.29, 1.82) is 0 Å². The van der Waals surface area contributed by atoms with Gasteiger partial charge in [0, 0.05) is 22.0 Å². The summed E-state index contributed by atoms with van der Waals surface area (Å²) in [7, 11) is 0. The molecule has 1 N–H and O–H groups in total. The van der Waals surface area contributed by atoms with Gasteiger partial charge in [-0.3, -0.25) is 9.59 Å². The zero-order valence-corrected chi connectivity index (χ0v) is 21.9. The van der Waals surface area contributed by atoms with E-state index >= 15 is 0 Å². The van der Waals surface area contributed by atoms with Crippen molar-refractivity contribution in [2.24, 2.45) is 0 Å². The van der Waals surface area contributed by atoms with Gasteiger partial charge in [0.15, 0.2) is 0 Å². The van der Waals surface area contributed by atoms with Gasteiger partial charge in [-0.1, -0.05) is 84.0 Å². The second-order valence-electron chi connectivity index (χ2n) is 8.83. The number of nitrogens with one attached hydrogen (secondary N) is 1. The highest BCUT2D eigenvalue weighted by atomic mass is 35.5. The summed E-state index contributed by atoms with van der Waals surface area (Å²) in [5, 5.41) is 3.59. The second-order valence-corrected chi connectivity index (χ2v) is 10.3. The molecule has 4 aromatic carbocycles. The molecule has 2 amide bonds. The highest BCUT2D eigenvalue weighted by molar-refractivity contribution is 8.04. The van der Waals surface area contributed by atoms with Crippen LogP contribution in [0.1, 0.15) is 32.6 Å². The molecule has 0 aromatic heterocycles. The zero-order valence-electron chi connectivity index (χ0n) is 20.3. The molecule has 1 heterocycles. The number of nitrogens with zero attached hydrogens (tertiary/aromatic N) is 1. The van der Waals surface area contributed by atoms with Gasteiger partial charge < -0.3 is 10.2 Å². The summed E-state index contributed by atoms with van der Waals surface area (Å²) in [5.41, 5.74) is 5.59. The van der Waals surface area contributed by atoms with E-state index in [1.807, 2.05) is 71.6 Å². The van der Waals surface area contributed by atoms with E-state index in [0.717, 1.165) is 32.8 Å². The summed E-state index contributed by atoms with van der Waals surface area (Å²) >= 11 is 7.40. The van der Waals surface area contributed by atoms with Crippen molar-refractivity contribution in [3.8, 4) is 0 Å². The Morgan fingerprint density at radius 3 is 2.38 bits per heavy atom. The molecule has 1 aliphatic rings. The van der Waals surface area contributed by atoms with E-state index in [0.29, 0.717) is 28.6 Å². The van der Waals surface area contributed by atoms with Crippen LogP contribution in [-0.2, 0) is 17.9 Å². The molecule has 0 saturated heterocycles. The van der Waals surface area contributed by atoms with Crippen molar-refractivity contribution in [1.82, 2.24) is 5.32 Å². The molecule has 0 aliphatic carbocycles. The van der Waals surface area contributed by atoms with Crippen LogP contribution in [0.5, 0.6) is 0 Å². The van der Waals surface area contributed by atoms with Gasteiger partial charge >= 0.3 is 0 Å². The van der Waals surface area contributed by atoms with Crippen LogP contribution in [0.3, 0.4) is 0 Å². The fourth-order valence-corrected chi connectivity index (χ4v) is 5.33. The van der Waals surface area contributed by atoms with Gasteiger partial charge in [0.1, 0.15) is 0 Å². The SMILES string of the molecule is Cc1ccccc1CN1C(=O)C(=Cc2ccc(C(=O)NCc3ccc(Cl)cc3)cc2)Sc2ccccc21. The van der Waals surface area contributed by atoms with E-state index in [9.17, 15) is 9.59 Å². The molecule has 4 nitrogen and oxygen atoms in total. The van der Waals surface area contributed by atoms with Crippen LogP contribution in [0.25, 0.3) is 6.08 Å². The molecule has 184 valence electrons. The maximum Gasteiger partial charge on any atom is 0.265 e. The summed E-state index contributed by atoms with van der Waals surface area (Å²) in [6.45, 7) is 2.99. The molecule has 0 unspecified atom stereocenters. The molecule has 0 radical (unpaired) electrons. The Hall–Kier alpha value is -3.80. The minimum absolute atomic E-state index is 0.0308. The van der Waals surface area contributed by atoms with Crippen molar-refractivity contribution in [3.63, 3.8) is 0 Å². The Labute approximate surface area is 226 Å². The van der Waals surface area contributed by atoms with Crippen molar-refractivity contribution >= 4 is 46.9 Å². The third-order valence-corrected chi connectivity index (χ3v) is 7.59. The first-order valence-electron chi connectivity index (χ1n) is 12.0. The average Bonchev–Trinajstić information content (AvgIpc) is 2.92. The van der Waals surface area contributed by atoms with Gasteiger partial charge in [-0.2, -0.15) is 0 Å². The van der Waals surface area contributed by atoms with E-state index in [1.165, 1.54) is 11.8 Å². The van der Waals surface area contributed by atoms with Crippen LogP contribution in [0, 0.1) is 6.92 Å². The smallest absolute Gasteiger partial charge is 0.265 e. The van der Waals surface area contributed by atoms with E-state index in [1.54, 1.807) is 24.3 Å². The van der Waals surface area contributed by atoms with Crippen molar-refractivity contribution < 1.29 is 9.59 Å². The third kappa shape index (κ3) is 5.79. The molecule has 37 heavy (non-hydrogen) atoms. The van der Waals surface area contributed by atoms with Crippen molar-refractivity contribution in [2.75, 3.05) is 4.90 Å². The lowest BCUT2D eigenvalue weighted by Gasteiger charge is -2.31. The highest BCUT2D eigenvalue weighted by Gasteiger charge is 2.29. The largest absolute Gasteiger partial charge is 0.348 e. The number of amides is 2. The monoisotopic (exact) mass is 524 g/mol. The first kappa shape index (κ1) is 24.9. The topological polar surface area (TPSA) is 49.4 Å². The molecule has 0 fully saturated rings. The maximum atomic E-state index is 13.6. The Kier molecular flexibility index (Phi) is 7.45. The van der Waals surface area contributed by atoms with Gasteiger partial charge in [-0.15, -0.1) is 0 Å². The predicted octanol–water partition coefficient (Wildman–Crippen LogP) is 7.26. The molecule has 1 aliphatic heterocycles. The number of benzene rings is 4. The number of anilines is 1. The first-order valence-corrected chi connectivity index (χ1v) is 13.1. The quantitative estimate of drug-likeness (QED) is 0.270. The molecule has 5 rings (SSSR count). The van der Waals surface area contributed by atoms with E-state index in [4.69, 9.17) is 11.6 Å². The molecular weight excluding hydrogens is 500 g/mol. The Morgan fingerprint density at radius 2 is 1.62 bits per heavy atom. The van der Waals surface area contributed by atoms with Crippen LogP contribution < -0.4 is 10.2 Å². The van der Waals surface area contributed by atoms with Gasteiger partial charge in [0.05, 0.1) is 17.1 Å². The summed E-state index contributed by atoms with van der Waals surface area (Å²) in [4.78, 5) is 29.7. The molecule has 0 bridgehead atoms. The summed E-state index contributed by atoms with van der Waals surface area (Å²) in [6, 6.07) is 30.8. The maximum absolute atomic E-state index is 13.6. The molecule has 4 aromatic rings. The predicted molar refractivity (Wildman–Crippen MR) is 152 cm³/mol. The lowest BCUT2D eigenvalue weighted by molar-refractivity contribution is -0.114. The van der Waals surface area contributed by atoms with E-state index in [2.05, 4.69) is 24.4 Å². The standard InChI is InChI=1S/C31H25ClN2O2S/c1-21-6-2-3-7-25(21)20-34-27-8-4-5-9-28(27)37-29(31(34)36)18-22-10-14-24(15-11-22)30(35)33-19-23-12-16-26(32)17-13-23/h2-18H,19-20H2,1H3,(H,33,35). The van der Waals surface area contributed by atoms with Crippen molar-refractivity contribution in [3.05, 3.63) is 135 Å². The lowest BCUT2D eigenvalue weighted by Crippen LogP contribution is -2.33. The Morgan fingerprint density at radius 1 is 0.919 bits per heavy atom. The highest BCUT2D eigenvalue weighted by Crippen LogP contribution is 2.42. The summed E-state index contributed by atoms with van der Waals surface area (Å²) in [6.07, 6.45) is 1.89. The van der Waals surface area contributed by atoms with Crippen LogP contribution in [0.2, 0.25) is 5.02 Å². The summed E-state index contributed by atoms with van der Waals surface area (Å²) < 4.78 is 0. The Balaban J connectivity index is 1.33. The minimum Gasteiger partial charge on any atom is -0.348 e. The fraction of sp³-hybridized carbons (Fsp3) is 0.0968. The number of rotatable bonds is 6. The number of hydrogen-bond acceptors (Lipinski definition) is 3. The minimum atomic E-state index is -0.157. The molecule has 0 atom stereocenters. The number of para-hydroxylation sites is 1. The molecule has 6 heteroatoms. The number of carbonyl (C=O) groups excluding carboxylic acids is 2. The number of halogens is 1. The van der Waals surface area contributed by atoms with E-state index in [-0.39, 0.29) is 11.8 Å². The second kappa shape index (κ2) is 11.1. The molecular formula is C31H25ClN2O2S. The van der Waals surface area contributed by atoms with Crippen molar-refractivity contribution in [2.45, 2.75) is 24.9 Å². The number of carbonyl (C=O) groups is 2. The molecule has 0 saturated carbocycles. The van der Waals surface area contributed by atoms with Gasteiger partial charge in [0.25, 0.3) is 11.8 Å². The van der Waals surface area contributed by atoms with Crippen LogP contribution in [0.4, 0.5) is 5.69 Å². The Bertz CT molecular complexity index is 1480. The summed E-state index contributed by atoms with van der Waals surface area (Å²) in [5.74, 6) is -0.188. The lowest BCUT2D eigenvalue weighted by atomic mass is 10.1. The normalized spacial score (nSPS) is 13.9. The molecule has 0 spiro atoms. The number of aryl methyl sites for hydroxylation is 1. The van der Waals surface area contributed by atoms with Crippen LogP contribution >= 0.6 is 23.4 Å². The number of thioether (sulfide) groups is 1. The van der Waals surface area contributed by atoms with Gasteiger partial charge in [-0.25, -0.2) is 0 Å². The number of fused-ring (bicyclic) bond motifs is 1. The van der Waals surface area contributed by atoms with Crippen LogP contribution in [0.15, 0.2) is 107 Å². The van der Waals surface area contributed by atoms with E-state index < -0.39 is 0 Å². The number of hydrogen-bond donors (Lipinski definition) is 1. The zero-order chi connectivity index (χ0) is 25.8. The fourth-order valence-electron chi connectivity index (χ4n) is 4.15. The van der Waals surface area contributed by atoms with Gasteiger partial charge in [0.2, 0.25) is 0 Å². The van der Waals surface area contributed by atoms with Crippen LogP contribution in [-0.4, -0.2) is 11.8 Å². The average molecular weight is 525 g/mol. The third-order valence-electron chi connectivity index (χ3n) is 6.26. The van der Waals surface area contributed by atoms with Gasteiger partial charge in [-0.05, 0) is 71.7 Å².